The van der Waals surface area contributed by atoms with Crippen LogP contribution >= 0.6 is 12.2 Å². The number of hydrogen-bond acceptors (Lipinski definition) is 4. The van der Waals surface area contributed by atoms with Gasteiger partial charge in [0, 0.05) is 12.6 Å². The summed E-state index contributed by atoms with van der Waals surface area (Å²) in [5.74, 6) is 0.265. The van der Waals surface area contributed by atoms with Gasteiger partial charge in [-0.2, -0.15) is 0 Å². The summed E-state index contributed by atoms with van der Waals surface area (Å²) in [6, 6.07) is 12.0. The molecular formula is C17H15N3O3S. The molecule has 7 heteroatoms. The highest BCUT2D eigenvalue weighted by Gasteiger charge is 2.11. The van der Waals surface area contributed by atoms with Crippen LogP contribution in [0.15, 0.2) is 47.3 Å². The quantitative estimate of drug-likeness (QED) is 0.718. The fourth-order valence-corrected chi connectivity index (χ4v) is 2.58. The Bertz CT molecular complexity index is 1050. The van der Waals surface area contributed by atoms with Crippen molar-refractivity contribution in [3.8, 4) is 5.75 Å². The van der Waals surface area contributed by atoms with E-state index in [1.807, 2.05) is 6.07 Å². The van der Waals surface area contributed by atoms with Crippen LogP contribution in [0, 0.1) is 4.77 Å². The van der Waals surface area contributed by atoms with Gasteiger partial charge in [0.25, 0.3) is 11.5 Å². The van der Waals surface area contributed by atoms with E-state index in [1.54, 1.807) is 43.4 Å². The van der Waals surface area contributed by atoms with Gasteiger partial charge in [0.05, 0.1) is 23.7 Å². The molecule has 1 amide bonds. The highest BCUT2D eigenvalue weighted by Crippen LogP contribution is 2.24. The van der Waals surface area contributed by atoms with Crippen LogP contribution in [0.1, 0.15) is 10.4 Å². The zero-order valence-electron chi connectivity index (χ0n) is 13.1. The number of rotatable bonds is 3. The SMILES string of the molecule is COc1ccccc1NC(=O)c1ccc2c(=O)n(C)c(=S)[nH]c2c1. The molecule has 0 spiro atoms. The molecule has 24 heavy (non-hydrogen) atoms. The molecule has 6 nitrogen and oxygen atoms in total. The Morgan fingerprint density at radius 2 is 2.00 bits per heavy atom. The van der Waals surface area contributed by atoms with Crippen molar-refractivity contribution >= 4 is 34.7 Å². The smallest absolute Gasteiger partial charge is 0.261 e. The highest BCUT2D eigenvalue weighted by atomic mass is 32.1. The number of carbonyl (C=O) groups excluding carboxylic acids is 1. The predicted octanol–water partition coefficient (Wildman–Crippen LogP) is 2.86. The van der Waals surface area contributed by atoms with Crippen LogP contribution in [-0.2, 0) is 7.05 Å². The maximum absolute atomic E-state index is 12.5. The minimum absolute atomic E-state index is 0.203. The number of anilines is 1. The molecule has 3 aromatic rings. The first-order valence-corrected chi connectivity index (χ1v) is 7.59. The topological polar surface area (TPSA) is 76.1 Å². The van der Waals surface area contributed by atoms with Gasteiger partial charge in [-0.1, -0.05) is 12.1 Å². The molecule has 0 bridgehead atoms. The van der Waals surface area contributed by atoms with Gasteiger partial charge in [0.2, 0.25) is 0 Å². The van der Waals surface area contributed by atoms with E-state index < -0.39 is 0 Å². The van der Waals surface area contributed by atoms with Crippen molar-refractivity contribution in [2.45, 2.75) is 0 Å². The van der Waals surface area contributed by atoms with Crippen LogP contribution < -0.4 is 15.6 Å². The van der Waals surface area contributed by atoms with Gasteiger partial charge in [-0.25, -0.2) is 0 Å². The Hall–Kier alpha value is -2.93. The minimum atomic E-state index is -0.304. The number of nitrogens with one attached hydrogen (secondary N) is 2. The van der Waals surface area contributed by atoms with Gasteiger partial charge in [-0.15, -0.1) is 0 Å². The van der Waals surface area contributed by atoms with Crippen LogP contribution in [-0.4, -0.2) is 22.6 Å². The first-order chi connectivity index (χ1) is 11.5. The standard InChI is InChI=1S/C17H15N3O3S/c1-20-16(22)11-8-7-10(9-13(11)19-17(20)24)15(21)18-12-5-3-4-6-14(12)23-2/h3-9H,1-2H3,(H,18,21)(H,19,24). The van der Waals surface area contributed by atoms with Gasteiger partial charge in [-0.3, -0.25) is 14.2 Å². The molecule has 0 atom stereocenters. The number of fused-ring (bicyclic) bond motifs is 1. The lowest BCUT2D eigenvalue weighted by Crippen LogP contribution is -2.19. The number of nitrogens with zero attached hydrogens (tertiary/aromatic N) is 1. The van der Waals surface area contributed by atoms with E-state index in [4.69, 9.17) is 17.0 Å². The van der Waals surface area contributed by atoms with E-state index in [1.165, 1.54) is 11.7 Å². The third-order valence-electron chi connectivity index (χ3n) is 3.72. The Morgan fingerprint density at radius 3 is 2.75 bits per heavy atom. The minimum Gasteiger partial charge on any atom is -0.495 e. The number of methoxy groups -OCH3 is 1. The van der Waals surface area contributed by atoms with Crippen molar-refractivity contribution in [1.82, 2.24) is 9.55 Å². The van der Waals surface area contributed by atoms with Crippen LogP contribution in [0.2, 0.25) is 0 Å². The van der Waals surface area contributed by atoms with E-state index in [2.05, 4.69) is 10.3 Å². The van der Waals surface area contributed by atoms with Gasteiger partial charge in [0.15, 0.2) is 4.77 Å². The summed E-state index contributed by atoms with van der Waals surface area (Å²) in [6.07, 6.45) is 0. The van der Waals surface area contributed by atoms with Crippen molar-refractivity contribution in [1.29, 1.82) is 0 Å². The third kappa shape index (κ3) is 2.81. The molecule has 2 aromatic carbocycles. The normalized spacial score (nSPS) is 10.6. The lowest BCUT2D eigenvalue weighted by atomic mass is 10.1. The van der Waals surface area contributed by atoms with Gasteiger partial charge >= 0.3 is 0 Å². The molecule has 1 aromatic heterocycles. The largest absolute Gasteiger partial charge is 0.495 e. The zero-order chi connectivity index (χ0) is 17.3. The molecule has 122 valence electrons. The van der Waals surface area contributed by atoms with Crippen molar-refractivity contribution in [2.75, 3.05) is 12.4 Å². The number of aromatic amines is 1. The van der Waals surface area contributed by atoms with Crippen LogP contribution in [0.4, 0.5) is 5.69 Å². The monoisotopic (exact) mass is 341 g/mol. The number of benzene rings is 2. The molecule has 0 aliphatic carbocycles. The molecule has 2 N–H and O–H groups in total. The number of hydrogen-bond donors (Lipinski definition) is 2. The Morgan fingerprint density at radius 1 is 1.25 bits per heavy atom. The molecule has 3 rings (SSSR count). The second-order valence-electron chi connectivity index (χ2n) is 5.21. The lowest BCUT2D eigenvalue weighted by Gasteiger charge is -2.10. The summed E-state index contributed by atoms with van der Waals surface area (Å²) in [4.78, 5) is 27.6. The maximum atomic E-state index is 12.5. The summed E-state index contributed by atoms with van der Waals surface area (Å²) in [7, 11) is 3.14. The summed E-state index contributed by atoms with van der Waals surface area (Å²) in [6.45, 7) is 0. The molecular weight excluding hydrogens is 326 g/mol. The molecule has 0 unspecified atom stereocenters. The molecule has 1 heterocycles. The second kappa shape index (κ2) is 6.29. The van der Waals surface area contributed by atoms with Gasteiger partial charge in [-0.05, 0) is 42.5 Å². The molecule has 0 saturated heterocycles. The van der Waals surface area contributed by atoms with Crippen molar-refractivity contribution in [2.24, 2.45) is 7.05 Å². The summed E-state index contributed by atoms with van der Waals surface area (Å²) < 4.78 is 6.87. The zero-order valence-corrected chi connectivity index (χ0v) is 13.9. The summed E-state index contributed by atoms with van der Waals surface area (Å²) >= 11 is 5.11. The fourth-order valence-electron chi connectivity index (χ4n) is 2.39. The number of H-pyrrole nitrogens is 1. The summed E-state index contributed by atoms with van der Waals surface area (Å²) in [5, 5.41) is 3.27. The average molecular weight is 341 g/mol. The van der Waals surface area contributed by atoms with E-state index in [-0.39, 0.29) is 11.5 Å². The van der Waals surface area contributed by atoms with Crippen LogP contribution in [0.25, 0.3) is 10.9 Å². The molecule has 0 saturated carbocycles. The van der Waals surface area contributed by atoms with Crippen LogP contribution in [0.3, 0.4) is 0 Å². The van der Waals surface area contributed by atoms with Crippen molar-refractivity contribution in [3.63, 3.8) is 0 Å². The Labute approximate surface area is 142 Å². The van der Waals surface area contributed by atoms with Gasteiger partial charge < -0.3 is 15.0 Å². The first kappa shape index (κ1) is 15.9. The van der Waals surface area contributed by atoms with Crippen molar-refractivity contribution in [3.05, 3.63) is 63.2 Å². The molecule has 0 aliphatic heterocycles. The summed E-state index contributed by atoms with van der Waals surface area (Å²) in [5.41, 5.74) is 1.30. The van der Waals surface area contributed by atoms with Crippen LogP contribution in [0.5, 0.6) is 5.75 Å². The Kier molecular flexibility index (Phi) is 4.18. The van der Waals surface area contributed by atoms with E-state index in [0.717, 1.165) is 0 Å². The number of aromatic nitrogens is 2. The molecule has 0 fully saturated rings. The first-order valence-electron chi connectivity index (χ1n) is 7.18. The van der Waals surface area contributed by atoms with E-state index in [0.29, 0.717) is 32.7 Å². The maximum Gasteiger partial charge on any atom is 0.261 e. The highest BCUT2D eigenvalue weighted by molar-refractivity contribution is 7.71. The van der Waals surface area contributed by atoms with E-state index >= 15 is 0 Å². The third-order valence-corrected chi connectivity index (χ3v) is 4.09. The predicted molar refractivity (Wildman–Crippen MR) is 95.3 cm³/mol. The average Bonchev–Trinajstić information content (AvgIpc) is 2.59. The number of amides is 1. The van der Waals surface area contributed by atoms with Gasteiger partial charge in [0.1, 0.15) is 5.75 Å². The van der Waals surface area contributed by atoms with Crippen molar-refractivity contribution < 1.29 is 9.53 Å². The Balaban J connectivity index is 2.00. The fraction of sp³-hybridized carbons (Fsp3) is 0.118. The number of ether oxygens (including phenoxy) is 1. The number of para-hydroxylation sites is 2. The lowest BCUT2D eigenvalue weighted by molar-refractivity contribution is 0.102. The molecule has 0 aliphatic rings. The van der Waals surface area contributed by atoms with E-state index in [9.17, 15) is 9.59 Å². The molecule has 0 radical (unpaired) electrons. The second-order valence-corrected chi connectivity index (χ2v) is 5.60. The number of carbonyl (C=O) groups is 1.